The van der Waals surface area contributed by atoms with Crippen molar-refractivity contribution in [2.75, 3.05) is 0 Å². The summed E-state index contributed by atoms with van der Waals surface area (Å²) in [5.41, 5.74) is 5.87. The Balaban J connectivity index is 1.61. The number of nitrogens with zero attached hydrogens (tertiary/aromatic N) is 4. The predicted octanol–water partition coefficient (Wildman–Crippen LogP) is 6.33. The predicted molar refractivity (Wildman–Crippen MR) is 135 cm³/mol. The lowest BCUT2D eigenvalue weighted by Crippen LogP contribution is -2.38. The van der Waals surface area contributed by atoms with E-state index in [1.165, 1.54) is 0 Å². The highest BCUT2D eigenvalue weighted by atomic mass is 15.3. The Morgan fingerprint density at radius 1 is 0.588 bits per heavy atom. The van der Waals surface area contributed by atoms with Crippen LogP contribution in [0.5, 0.6) is 0 Å². The molecule has 4 nitrogen and oxygen atoms in total. The SMILES string of the molecule is c1ccc(C(c2ccccc2)(c2ccccc2)n2cc(-c3ccc4ncncc4c3)cn2)cc1. The number of fused-ring (bicyclic) bond motifs is 1. The molecule has 34 heavy (non-hydrogen) atoms. The first-order chi connectivity index (χ1) is 16.9. The highest BCUT2D eigenvalue weighted by Gasteiger charge is 2.39. The maximum absolute atomic E-state index is 4.96. The van der Waals surface area contributed by atoms with Crippen LogP contribution in [0.4, 0.5) is 0 Å². The molecule has 0 aliphatic rings. The van der Waals surface area contributed by atoms with E-state index in [9.17, 15) is 0 Å². The smallest absolute Gasteiger partial charge is 0.138 e. The second kappa shape index (κ2) is 8.41. The van der Waals surface area contributed by atoms with Gasteiger partial charge in [-0.1, -0.05) is 97.1 Å². The van der Waals surface area contributed by atoms with Gasteiger partial charge >= 0.3 is 0 Å². The molecule has 4 heteroatoms. The van der Waals surface area contributed by atoms with E-state index in [1.807, 2.05) is 18.5 Å². The van der Waals surface area contributed by atoms with Crippen LogP contribution in [0.2, 0.25) is 0 Å². The second-order valence-corrected chi connectivity index (χ2v) is 8.28. The number of hydrogen-bond donors (Lipinski definition) is 0. The average Bonchev–Trinajstić information content (AvgIpc) is 3.41. The van der Waals surface area contributed by atoms with Gasteiger partial charge in [0.1, 0.15) is 11.9 Å². The van der Waals surface area contributed by atoms with Crippen LogP contribution in [0.1, 0.15) is 16.7 Å². The summed E-state index contributed by atoms with van der Waals surface area (Å²) in [4.78, 5) is 8.53. The molecule has 0 atom stereocenters. The molecule has 6 aromatic rings. The first kappa shape index (κ1) is 20.1. The molecule has 0 radical (unpaired) electrons. The van der Waals surface area contributed by atoms with Gasteiger partial charge in [-0.15, -0.1) is 0 Å². The van der Waals surface area contributed by atoms with E-state index >= 15 is 0 Å². The molecule has 0 bridgehead atoms. The molecule has 0 spiro atoms. The number of aromatic nitrogens is 4. The van der Waals surface area contributed by atoms with Gasteiger partial charge in [0.05, 0.1) is 11.7 Å². The van der Waals surface area contributed by atoms with Crippen molar-refractivity contribution in [3.63, 3.8) is 0 Å². The summed E-state index contributed by atoms with van der Waals surface area (Å²) >= 11 is 0. The van der Waals surface area contributed by atoms with Gasteiger partial charge in [0.15, 0.2) is 0 Å². The summed E-state index contributed by atoms with van der Waals surface area (Å²) in [7, 11) is 0. The van der Waals surface area contributed by atoms with Crippen molar-refractivity contribution in [3.8, 4) is 11.1 Å². The zero-order valence-electron chi connectivity index (χ0n) is 18.5. The van der Waals surface area contributed by atoms with E-state index in [-0.39, 0.29) is 0 Å². The fourth-order valence-corrected chi connectivity index (χ4v) is 4.75. The van der Waals surface area contributed by atoms with Gasteiger partial charge in [-0.2, -0.15) is 5.10 Å². The Hall–Kier alpha value is -4.57. The molecule has 0 aliphatic carbocycles. The van der Waals surface area contributed by atoms with Crippen LogP contribution in [-0.4, -0.2) is 19.7 Å². The fourth-order valence-electron chi connectivity index (χ4n) is 4.75. The van der Waals surface area contributed by atoms with Crippen LogP contribution in [0, 0.1) is 0 Å². The average molecular weight is 439 g/mol. The van der Waals surface area contributed by atoms with Gasteiger partial charge in [-0.05, 0) is 34.4 Å². The lowest BCUT2D eigenvalue weighted by Gasteiger charge is -2.36. The van der Waals surface area contributed by atoms with E-state index in [1.54, 1.807) is 6.33 Å². The number of rotatable bonds is 5. The minimum absolute atomic E-state index is 0.623. The lowest BCUT2D eigenvalue weighted by molar-refractivity contribution is 0.460. The molecule has 162 valence electrons. The first-order valence-electron chi connectivity index (χ1n) is 11.3. The molecule has 4 aromatic carbocycles. The molecule has 0 amide bonds. The normalized spacial score (nSPS) is 11.5. The van der Waals surface area contributed by atoms with Crippen molar-refractivity contribution in [1.29, 1.82) is 0 Å². The molecule has 0 aliphatic heterocycles. The van der Waals surface area contributed by atoms with Gasteiger partial charge < -0.3 is 0 Å². The van der Waals surface area contributed by atoms with Crippen LogP contribution >= 0.6 is 0 Å². The quantitative estimate of drug-likeness (QED) is 0.295. The summed E-state index contributed by atoms with van der Waals surface area (Å²) in [6, 6.07) is 38.0. The Labute approximate surface area is 198 Å². The monoisotopic (exact) mass is 438 g/mol. The van der Waals surface area contributed by atoms with Crippen LogP contribution in [-0.2, 0) is 5.54 Å². The Morgan fingerprint density at radius 2 is 1.18 bits per heavy atom. The minimum Gasteiger partial charge on any atom is -0.252 e. The number of hydrogen-bond acceptors (Lipinski definition) is 3. The highest BCUT2D eigenvalue weighted by Crippen LogP contribution is 2.41. The Morgan fingerprint density at radius 3 is 1.76 bits per heavy atom. The molecule has 0 N–H and O–H groups in total. The molecule has 2 heterocycles. The van der Waals surface area contributed by atoms with Gasteiger partial charge in [0.25, 0.3) is 0 Å². The van der Waals surface area contributed by atoms with Crippen molar-refractivity contribution in [2.24, 2.45) is 0 Å². The van der Waals surface area contributed by atoms with E-state index in [4.69, 9.17) is 5.10 Å². The molecule has 0 fully saturated rings. The third kappa shape index (κ3) is 3.28. The maximum atomic E-state index is 4.96. The third-order valence-corrected chi connectivity index (χ3v) is 6.34. The summed E-state index contributed by atoms with van der Waals surface area (Å²) in [5.74, 6) is 0. The summed E-state index contributed by atoms with van der Waals surface area (Å²) in [6.07, 6.45) is 7.50. The largest absolute Gasteiger partial charge is 0.252 e. The first-order valence-corrected chi connectivity index (χ1v) is 11.3. The summed E-state index contributed by atoms with van der Waals surface area (Å²) in [6.45, 7) is 0. The van der Waals surface area contributed by atoms with Crippen LogP contribution in [0.3, 0.4) is 0 Å². The Bertz CT molecular complexity index is 1440. The van der Waals surface area contributed by atoms with Gasteiger partial charge in [-0.3, -0.25) is 4.68 Å². The zero-order chi connectivity index (χ0) is 22.8. The molecule has 6 rings (SSSR count). The molecule has 0 unspecified atom stereocenters. The van der Waals surface area contributed by atoms with Crippen LogP contribution < -0.4 is 0 Å². The van der Waals surface area contributed by atoms with E-state index < -0.39 is 5.54 Å². The standard InChI is InChI=1S/C30H22N4/c1-4-10-26(11-5-1)30(27-12-6-2-7-13-27,28-14-8-3-9-15-28)34-21-25(20-33-34)23-16-17-29-24(18-23)19-31-22-32-29/h1-22H. The van der Waals surface area contributed by atoms with Crippen LogP contribution in [0.15, 0.2) is 134 Å². The van der Waals surface area contributed by atoms with Crippen molar-refractivity contribution in [3.05, 3.63) is 151 Å². The second-order valence-electron chi connectivity index (χ2n) is 8.28. The van der Waals surface area contributed by atoms with E-state index in [0.717, 1.165) is 38.7 Å². The van der Waals surface area contributed by atoms with Gasteiger partial charge in [0, 0.05) is 23.3 Å². The van der Waals surface area contributed by atoms with E-state index in [0.29, 0.717) is 0 Å². The van der Waals surface area contributed by atoms with Gasteiger partial charge in [0.2, 0.25) is 0 Å². The van der Waals surface area contributed by atoms with Crippen molar-refractivity contribution < 1.29 is 0 Å². The maximum Gasteiger partial charge on any atom is 0.138 e. The van der Waals surface area contributed by atoms with Crippen molar-refractivity contribution in [2.45, 2.75) is 5.54 Å². The Kier molecular flexibility index (Phi) is 4.96. The van der Waals surface area contributed by atoms with Crippen LogP contribution in [0.25, 0.3) is 22.0 Å². The number of benzene rings is 4. The van der Waals surface area contributed by atoms with Crippen molar-refractivity contribution in [1.82, 2.24) is 19.7 Å². The topological polar surface area (TPSA) is 43.6 Å². The van der Waals surface area contributed by atoms with Gasteiger partial charge in [-0.25, -0.2) is 9.97 Å². The molecule has 0 saturated carbocycles. The summed E-state index contributed by atoms with van der Waals surface area (Å²) < 4.78 is 2.09. The third-order valence-electron chi connectivity index (χ3n) is 6.34. The summed E-state index contributed by atoms with van der Waals surface area (Å²) in [5, 5.41) is 5.97. The van der Waals surface area contributed by atoms with E-state index in [2.05, 4.69) is 124 Å². The molecule has 2 aromatic heterocycles. The minimum atomic E-state index is -0.623. The molecular formula is C30H22N4. The van der Waals surface area contributed by atoms with Crippen molar-refractivity contribution >= 4 is 10.9 Å². The highest BCUT2D eigenvalue weighted by molar-refractivity contribution is 5.83. The fraction of sp³-hybridized carbons (Fsp3) is 0.0333. The molecular weight excluding hydrogens is 416 g/mol. The zero-order valence-corrected chi connectivity index (χ0v) is 18.5. The molecule has 0 saturated heterocycles. The lowest BCUT2D eigenvalue weighted by atomic mass is 9.77.